The maximum absolute atomic E-state index is 12.5. The maximum atomic E-state index is 12.5. The molecule has 0 amide bonds. The summed E-state index contributed by atoms with van der Waals surface area (Å²) >= 11 is 0. The molecule has 19 heavy (non-hydrogen) atoms. The Kier molecular flexibility index (Phi) is 3.27. The molecule has 0 spiro atoms. The number of aromatic nitrogens is 2. The van der Waals surface area contributed by atoms with Crippen LogP contribution in [-0.4, -0.2) is 24.1 Å². The van der Waals surface area contributed by atoms with Crippen molar-refractivity contribution < 1.29 is 21.6 Å². The number of fused-ring (bicyclic) bond motifs is 1. The van der Waals surface area contributed by atoms with E-state index in [9.17, 15) is 21.6 Å². The molecule has 0 aliphatic heterocycles. The molecule has 0 bridgehead atoms. The van der Waals surface area contributed by atoms with Crippen molar-refractivity contribution in [3.63, 3.8) is 0 Å². The van der Waals surface area contributed by atoms with Crippen LogP contribution in [0.25, 0.3) is 5.65 Å². The number of pyridine rings is 1. The first kappa shape index (κ1) is 13.8. The lowest BCUT2D eigenvalue weighted by atomic mass is 10.3. The average molecular weight is 293 g/mol. The highest BCUT2D eigenvalue weighted by atomic mass is 32.2. The highest BCUT2D eigenvalue weighted by Crippen LogP contribution is 2.29. The number of imidazole rings is 1. The van der Waals surface area contributed by atoms with Gasteiger partial charge >= 0.3 is 6.18 Å². The predicted octanol–water partition coefficient (Wildman–Crippen LogP) is 1.40. The first-order valence-corrected chi connectivity index (χ1v) is 7.04. The van der Waals surface area contributed by atoms with Gasteiger partial charge in [0.1, 0.15) is 5.65 Å². The van der Waals surface area contributed by atoms with E-state index in [1.165, 1.54) is 16.7 Å². The Morgan fingerprint density at radius 3 is 2.58 bits per heavy atom. The van der Waals surface area contributed by atoms with Crippen LogP contribution in [0.15, 0.2) is 24.5 Å². The van der Waals surface area contributed by atoms with Crippen molar-refractivity contribution >= 4 is 15.7 Å². The van der Waals surface area contributed by atoms with E-state index in [1.54, 1.807) is 0 Å². The number of hydrogen-bond donors (Lipinski definition) is 1. The fraction of sp³-hybridized carbons (Fsp3) is 0.300. The SMILES string of the molecule is CS(=O)(=O)NCc1cn2cc(C(F)(F)F)ccc2n1. The molecule has 9 heteroatoms. The van der Waals surface area contributed by atoms with Crippen LogP contribution in [0.4, 0.5) is 13.2 Å². The Bertz CT molecular complexity index is 706. The summed E-state index contributed by atoms with van der Waals surface area (Å²) in [5, 5.41) is 0. The summed E-state index contributed by atoms with van der Waals surface area (Å²) in [5.74, 6) is 0. The first-order chi connectivity index (χ1) is 8.65. The second-order valence-corrected chi connectivity index (χ2v) is 5.84. The van der Waals surface area contributed by atoms with E-state index in [-0.39, 0.29) is 6.54 Å². The van der Waals surface area contributed by atoms with Gasteiger partial charge in [-0.05, 0) is 12.1 Å². The third-order valence-corrected chi connectivity index (χ3v) is 3.01. The van der Waals surface area contributed by atoms with Crippen molar-refractivity contribution in [3.8, 4) is 0 Å². The molecule has 2 aromatic rings. The van der Waals surface area contributed by atoms with Crippen LogP contribution < -0.4 is 4.72 Å². The van der Waals surface area contributed by atoms with Crippen LogP contribution in [-0.2, 0) is 22.7 Å². The largest absolute Gasteiger partial charge is 0.417 e. The van der Waals surface area contributed by atoms with Crippen molar-refractivity contribution in [2.75, 3.05) is 6.26 Å². The number of alkyl halides is 3. The lowest BCUT2D eigenvalue weighted by Crippen LogP contribution is -2.21. The minimum atomic E-state index is -4.43. The van der Waals surface area contributed by atoms with E-state index in [4.69, 9.17) is 0 Å². The molecule has 2 rings (SSSR count). The van der Waals surface area contributed by atoms with Crippen LogP contribution in [0.1, 0.15) is 11.3 Å². The van der Waals surface area contributed by atoms with Gasteiger partial charge in [0.25, 0.3) is 0 Å². The minimum absolute atomic E-state index is 0.0676. The van der Waals surface area contributed by atoms with Gasteiger partial charge in [-0.15, -0.1) is 0 Å². The molecule has 0 aliphatic carbocycles. The Balaban J connectivity index is 2.31. The molecule has 0 aromatic carbocycles. The fourth-order valence-corrected chi connectivity index (χ4v) is 1.91. The van der Waals surface area contributed by atoms with Crippen LogP contribution in [0.5, 0.6) is 0 Å². The standard InChI is InChI=1S/C10H10F3N3O2S/c1-19(17,18)14-4-8-6-16-5-7(10(11,12)13)2-3-9(16)15-8/h2-3,5-6,14H,4H2,1H3. The summed E-state index contributed by atoms with van der Waals surface area (Å²) in [6.07, 6.45) is -1.18. The van der Waals surface area contributed by atoms with E-state index in [0.29, 0.717) is 11.3 Å². The summed E-state index contributed by atoms with van der Waals surface area (Å²) in [5.41, 5.74) is -0.136. The molecule has 104 valence electrons. The second-order valence-electron chi connectivity index (χ2n) is 4.01. The zero-order valence-electron chi connectivity index (χ0n) is 9.77. The molecule has 0 fully saturated rings. The lowest BCUT2D eigenvalue weighted by Gasteiger charge is -2.05. The van der Waals surface area contributed by atoms with Gasteiger partial charge in [0.2, 0.25) is 10.0 Å². The van der Waals surface area contributed by atoms with E-state index in [1.807, 2.05) is 0 Å². The average Bonchev–Trinajstić information content (AvgIpc) is 2.65. The summed E-state index contributed by atoms with van der Waals surface area (Å²) in [4.78, 5) is 4.01. The van der Waals surface area contributed by atoms with E-state index in [2.05, 4.69) is 9.71 Å². The summed E-state index contributed by atoms with van der Waals surface area (Å²) in [6, 6.07) is 2.16. The molecule has 0 aliphatic rings. The van der Waals surface area contributed by atoms with Crippen LogP contribution >= 0.6 is 0 Å². The molecule has 1 N–H and O–H groups in total. The van der Waals surface area contributed by atoms with Gasteiger partial charge in [-0.1, -0.05) is 0 Å². The maximum Gasteiger partial charge on any atom is 0.417 e. The van der Waals surface area contributed by atoms with E-state index < -0.39 is 21.8 Å². The van der Waals surface area contributed by atoms with Gasteiger partial charge in [0.15, 0.2) is 0 Å². The normalized spacial score (nSPS) is 13.1. The van der Waals surface area contributed by atoms with Crippen molar-refractivity contribution in [2.24, 2.45) is 0 Å². The van der Waals surface area contributed by atoms with Crippen molar-refractivity contribution in [2.45, 2.75) is 12.7 Å². The van der Waals surface area contributed by atoms with Crippen LogP contribution in [0.3, 0.4) is 0 Å². The van der Waals surface area contributed by atoms with Gasteiger partial charge < -0.3 is 4.40 Å². The van der Waals surface area contributed by atoms with Gasteiger partial charge in [-0.2, -0.15) is 13.2 Å². The van der Waals surface area contributed by atoms with Gasteiger partial charge in [-0.25, -0.2) is 18.1 Å². The quantitative estimate of drug-likeness (QED) is 0.930. The number of nitrogens with one attached hydrogen (secondary N) is 1. The molecular weight excluding hydrogens is 283 g/mol. The van der Waals surface area contributed by atoms with E-state index >= 15 is 0 Å². The number of nitrogens with zero attached hydrogens (tertiary/aromatic N) is 2. The third kappa shape index (κ3) is 3.44. The van der Waals surface area contributed by atoms with Gasteiger partial charge in [0, 0.05) is 12.4 Å². The fourth-order valence-electron chi connectivity index (χ4n) is 1.50. The predicted molar refractivity (Wildman–Crippen MR) is 61.9 cm³/mol. The monoisotopic (exact) mass is 293 g/mol. The zero-order chi connectivity index (χ0) is 14.3. The van der Waals surface area contributed by atoms with Gasteiger partial charge in [0.05, 0.1) is 24.1 Å². The van der Waals surface area contributed by atoms with Crippen molar-refractivity contribution in [1.82, 2.24) is 14.1 Å². The first-order valence-electron chi connectivity index (χ1n) is 5.15. The smallest absolute Gasteiger partial charge is 0.306 e. The van der Waals surface area contributed by atoms with Crippen molar-refractivity contribution in [3.05, 3.63) is 35.8 Å². The second kappa shape index (κ2) is 4.49. The lowest BCUT2D eigenvalue weighted by molar-refractivity contribution is -0.137. The number of rotatable bonds is 3. The molecule has 0 unspecified atom stereocenters. The number of halogens is 3. The Hall–Kier alpha value is -1.61. The molecule has 0 saturated heterocycles. The number of hydrogen-bond acceptors (Lipinski definition) is 3. The topological polar surface area (TPSA) is 63.5 Å². The van der Waals surface area contributed by atoms with Crippen LogP contribution in [0.2, 0.25) is 0 Å². The Morgan fingerprint density at radius 2 is 2.00 bits per heavy atom. The Morgan fingerprint density at radius 1 is 1.32 bits per heavy atom. The summed E-state index contributed by atoms with van der Waals surface area (Å²) in [7, 11) is -3.37. The summed E-state index contributed by atoms with van der Waals surface area (Å²) in [6.45, 7) is -0.0676. The Labute approximate surface area is 107 Å². The highest BCUT2D eigenvalue weighted by molar-refractivity contribution is 7.88. The minimum Gasteiger partial charge on any atom is -0.306 e. The molecule has 0 saturated carbocycles. The molecule has 2 heterocycles. The molecule has 5 nitrogen and oxygen atoms in total. The van der Waals surface area contributed by atoms with Gasteiger partial charge in [-0.3, -0.25) is 0 Å². The third-order valence-electron chi connectivity index (χ3n) is 2.34. The summed E-state index contributed by atoms with van der Waals surface area (Å²) < 4.78 is 62.8. The number of sulfonamides is 1. The van der Waals surface area contributed by atoms with E-state index in [0.717, 1.165) is 18.5 Å². The molecule has 0 radical (unpaired) electrons. The van der Waals surface area contributed by atoms with Crippen molar-refractivity contribution in [1.29, 1.82) is 0 Å². The van der Waals surface area contributed by atoms with Crippen LogP contribution in [0, 0.1) is 0 Å². The molecular formula is C10H10F3N3O2S. The molecule has 0 atom stereocenters. The highest BCUT2D eigenvalue weighted by Gasteiger charge is 2.30. The molecule has 2 aromatic heterocycles. The zero-order valence-corrected chi connectivity index (χ0v) is 10.6.